The molecule has 0 saturated carbocycles. The minimum atomic E-state index is 0.0797. The van der Waals surface area contributed by atoms with E-state index in [1.54, 1.807) is 0 Å². The van der Waals surface area contributed by atoms with Gasteiger partial charge in [-0.2, -0.15) is 0 Å². The first-order chi connectivity index (χ1) is 14.7. The van der Waals surface area contributed by atoms with Crippen molar-refractivity contribution in [2.75, 3.05) is 10.6 Å². The number of unbranched alkanes of at least 4 members (excludes halogenated alkanes) is 5. The van der Waals surface area contributed by atoms with Crippen LogP contribution in [0.3, 0.4) is 0 Å². The van der Waals surface area contributed by atoms with Crippen LogP contribution in [0.15, 0.2) is 48.5 Å². The summed E-state index contributed by atoms with van der Waals surface area (Å²) in [5.41, 5.74) is 4.29. The Kier molecular flexibility index (Phi) is 9.77. The van der Waals surface area contributed by atoms with Crippen LogP contribution in [0, 0.1) is 6.92 Å². The highest BCUT2D eigenvalue weighted by Gasteiger charge is 2.13. The zero-order chi connectivity index (χ0) is 22.7. The third-order valence-corrected chi connectivity index (χ3v) is 5.43. The van der Waals surface area contributed by atoms with Crippen molar-refractivity contribution in [1.29, 1.82) is 0 Å². The zero-order valence-electron chi connectivity index (χ0n) is 19.6. The lowest BCUT2D eigenvalue weighted by Crippen LogP contribution is -2.13. The fraction of sp³-hybridized carbons (Fsp3) is 0.481. The lowest BCUT2D eigenvalue weighted by Gasteiger charge is -2.19. The van der Waals surface area contributed by atoms with E-state index >= 15 is 0 Å². The van der Waals surface area contributed by atoms with Gasteiger partial charge in [-0.1, -0.05) is 76.3 Å². The van der Waals surface area contributed by atoms with Crippen LogP contribution in [-0.2, 0) is 15.0 Å². The maximum Gasteiger partial charge on any atom is 0.224 e. The van der Waals surface area contributed by atoms with Crippen molar-refractivity contribution in [2.24, 2.45) is 0 Å². The summed E-state index contributed by atoms with van der Waals surface area (Å²) >= 11 is 0. The molecule has 0 heterocycles. The third-order valence-electron chi connectivity index (χ3n) is 5.43. The minimum absolute atomic E-state index is 0.0797. The minimum Gasteiger partial charge on any atom is -0.326 e. The molecule has 0 aliphatic rings. The summed E-state index contributed by atoms with van der Waals surface area (Å²) < 4.78 is 0. The van der Waals surface area contributed by atoms with E-state index in [9.17, 15) is 9.59 Å². The quantitative estimate of drug-likeness (QED) is 0.383. The van der Waals surface area contributed by atoms with Crippen LogP contribution >= 0.6 is 0 Å². The largest absolute Gasteiger partial charge is 0.326 e. The Morgan fingerprint density at radius 3 is 1.45 bits per heavy atom. The van der Waals surface area contributed by atoms with Gasteiger partial charge in [-0.15, -0.1) is 0 Å². The van der Waals surface area contributed by atoms with Gasteiger partial charge in [0.05, 0.1) is 0 Å². The predicted octanol–water partition coefficient (Wildman–Crippen LogP) is 6.99. The van der Waals surface area contributed by atoms with Crippen LogP contribution in [0.1, 0.15) is 83.3 Å². The van der Waals surface area contributed by atoms with Gasteiger partial charge in [-0.25, -0.2) is 0 Å². The van der Waals surface area contributed by atoms with Gasteiger partial charge < -0.3 is 10.6 Å². The Hall–Kier alpha value is -2.62. The number of rotatable bonds is 11. The zero-order valence-corrected chi connectivity index (χ0v) is 19.6. The number of hydrogen-bond donors (Lipinski definition) is 2. The van der Waals surface area contributed by atoms with Gasteiger partial charge in [0, 0.05) is 24.2 Å². The lowest BCUT2D eigenvalue weighted by atomic mass is 9.87. The molecule has 0 saturated heterocycles. The van der Waals surface area contributed by atoms with Crippen LogP contribution in [0.2, 0.25) is 0 Å². The molecule has 168 valence electrons. The molecule has 0 aliphatic heterocycles. The van der Waals surface area contributed by atoms with Crippen molar-refractivity contribution >= 4 is 23.2 Å². The first-order valence-corrected chi connectivity index (χ1v) is 11.5. The molecular formula is C27H38N2O2. The van der Waals surface area contributed by atoms with Gasteiger partial charge in [0.2, 0.25) is 11.8 Å². The monoisotopic (exact) mass is 422 g/mol. The third kappa shape index (κ3) is 9.82. The van der Waals surface area contributed by atoms with E-state index in [4.69, 9.17) is 0 Å². The highest BCUT2D eigenvalue weighted by molar-refractivity contribution is 5.91. The van der Waals surface area contributed by atoms with E-state index in [1.165, 1.54) is 11.1 Å². The maximum absolute atomic E-state index is 12.1. The molecule has 2 aromatic carbocycles. The molecule has 0 aromatic heterocycles. The van der Waals surface area contributed by atoms with E-state index in [0.29, 0.717) is 12.8 Å². The molecule has 0 spiro atoms. The second-order valence-corrected chi connectivity index (χ2v) is 9.41. The maximum atomic E-state index is 12.1. The Labute approximate surface area is 187 Å². The molecule has 0 atom stereocenters. The van der Waals surface area contributed by atoms with Crippen LogP contribution in [-0.4, -0.2) is 11.8 Å². The molecule has 0 fully saturated rings. The smallest absolute Gasteiger partial charge is 0.224 e. The summed E-state index contributed by atoms with van der Waals surface area (Å²) in [4.78, 5) is 24.1. The summed E-state index contributed by atoms with van der Waals surface area (Å²) in [6.45, 7) is 8.58. The number of carbonyl (C=O) groups is 2. The van der Waals surface area contributed by atoms with Gasteiger partial charge >= 0.3 is 0 Å². The predicted molar refractivity (Wildman–Crippen MR) is 131 cm³/mol. The van der Waals surface area contributed by atoms with Crippen molar-refractivity contribution in [3.8, 4) is 0 Å². The van der Waals surface area contributed by atoms with E-state index in [1.807, 2.05) is 43.3 Å². The Bertz CT molecular complexity index is 818. The van der Waals surface area contributed by atoms with Crippen LogP contribution in [0.5, 0.6) is 0 Å². The van der Waals surface area contributed by atoms with Crippen molar-refractivity contribution in [2.45, 2.75) is 84.5 Å². The van der Waals surface area contributed by atoms with Crippen molar-refractivity contribution in [3.63, 3.8) is 0 Å². The summed E-state index contributed by atoms with van der Waals surface area (Å²) in [5, 5.41) is 5.92. The first-order valence-electron chi connectivity index (χ1n) is 11.5. The second-order valence-electron chi connectivity index (χ2n) is 9.41. The topological polar surface area (TPSA) is 58.2 Å². The average Bonchev–Trinajstić information content (AvgIpc) is 2.71. The van der Waals surface area contributed by atoms with Gasteiger partial charge in [0.25, 0.3) is 0 Å². The number of aryl methyl sites for hydroxylation is 1. The summed E-state index contributed by atoms with van der Waals surface area (Å²) in [7, 11) is 0. The van der Waals surface area contributed by atoms with Gasteiger partial charge in [0.15, 0.2) is 0 Å². The van der Waals surface area contributed by atoms with Gasteiger partial charge in [0.1, 0.15) is 0 Å². The normalized spacial score (nSPS) is 11.2. The lowest BCUT2D eigenvalue weighted by molar-refractivity contribution is -0.117. The van der Waals surface area contributed by atoms with Crippen molar-refractivity contribution in [3.05, 3.63) is 59.7 Å². The van der Waals surface area contributed by atoms with E-state index in [-0.39, 0.29) is 17.2 Å². The fourth-order valence-corrected chi connectivity index (χ4v) is 3.42. The van der Waals surface area contributed by atoms with Crippen LogP contribution < -0.4 is 10.6 Å². The molecule has 4 heteroatoms. The number of amides is 2. The van der Waals surface area contributed by atoms with Crippen molar-refractivity contribution < 1.29 is 9.59 Å². The molecule has 0 radical (unpaired) electrons. The molecule has 0 bridgehead atoms. The molecule has 0 aliphatic carbocycles. The highest BCUT2D eigenvalue weighted by Crippen LogP contribution is 2.23. The summed E-state index contributed by atoms with van der Waals surface area (Å²) in [6, 6.07) is 16.0. The van der Waals surface area contributed by atoms with E-state index in [2.05, 4.69) is 43.5 Å². The Balaban J connectivity index is 1.49. The summed E-state index contributed by atoms with van der Waals surface area (Å²) in [5.74, 6) is 0.160. The Morgan fingerprint density at radius 2 is 1.03 bits per heavy atom. The van der Waals surface area contributed by atoms with E-state index < -0.39 is 0 Å². The highest BCUT2D eigenvalue weighted by atomic mass is 16.2. The number of anilines is 2. The number of nitrogens with one attached hydrogen (secondary N) is 2. The second kappa shape index (κ2) is 12.3. The molecule has 2 rings (SSSR count). The molecule has 2 aromatic rings. The SMILES string of the molecule is Cc1ccc(NC(=O)CCCCCCCCC(=O)Nc2ccc(C(C)(C)C)cc2)cc1. The molecule has 4 nitrogen and oxygen atoms in total. The van der Waals surface area contributed by atoms with Crippen LogP contribution in [0.4, 0.5) is 11.4 Å². The van der Waals surface area contributed by atoms with Crippen molar-refractivity contribution in [1.82, 2.24) is 0 Å². The molecular weight excluding hydrogens is 384 g/mol. The number of hydrogen-bond acceptors (Lipinski definition) is 2. The molecule has 2 N–H and O–H groups in total. The number of benzene rings is 2. The number of carbonyl (C=O) groups excluding carboxylic acids is 2. The Morgan fingerprint density at radius 1 is 0.645 bits per heavy atom. The average molecular weight is 423 g/mol. The summed E-state index contributed by atoms with van der Waals surface area (Å²) in [6.07, 6.45) is 7.23. The standard InChI is InChI=1S/C27H38N2O2/c1-21-13-17-23(18-14-21)28-25(30)11-9-7-5-6-8-10-12-26(31)29-24-19-15-22(16-20-24)27(2,3)4/h13-20H,5-12H2,1-4H3,(H,28,30)(H,29,31). The molecule has 2 amide bonds. The molecule has 0 unspecified atom stereocenters. The fourth-order valence-electron chi connectivity index (χ4n) is 3.42. The van der Waals surface area contributed by atoms with Gasteiger partial charge in [-0.3, -0.25) is 9.59 Å². The molecule has 31 heavy (non-hydrogen) atoms. The first kappa shape index (κ1) is 24.6. The van der Waals surface area contributed by atoms with Crippen LogP contribution in [0.25, 0.3) is 0 Å². The van der Waals surface area contributed by atoms with Gasteiger partial charge in [-0.05, 0) is 55.0 Å². The van der Waals surface area contributed by atoms with E-state index in [0.717, 1.165) is 49.9 Å².